The maximum absolute atomic E-state index is 12.3. The molecule has 0 saturated carbocycles. The normalized spacial score (nSPS) is 10.4. The SMILES string of the molecule is O=C(Cc1ccc([N+](=O)[O-])cc1)Nc1ccccc1OCCn1ccnc1. The predicted octanol–water partition coefficient (Wildman–Crippen LogP) is 3.05. The van der Waals surface area contributed by atoms with E-state index >= 15 is 0 Å². The van der Waals surface area contributed by atoms with Crippen LogP contribution in [0.1, 0.15) is 5.56 Å². The van der Waals surface area contributed by atoms with E-state index in [4.69, 9.17) is 4.74 Å². The molecule has 0 unspecified atom stereocenters. The van der Waals surface area contributed by atoms with Crippen LogP contribution in [-0.4, -0.2) is 27.0 Å². The number of nitro groups is 1. The number of carbonyl (C=O) groups is 1. The van der Waals surface area contributed by atoms with Crippen molar-refractivity contribution in [2.75, 3.05) is 11.9 Å². The van der Waals surface area contributed by atoms with Crippen LogP contribution < -0.4 is 10.1 Å². The number of benzene rings is 2. The van der Waals surface area contributed by atoms with Crippen LogP contribution in [0.15, 0.2) is 67.3 Å². The van der Waals surface area contributed by atoms with Crippen molar-refractivity contribution in [3.8, 4) is 5.75 Å². The molecule has 1 N–H and O–H groups in total. The lowest BCUT2D eigenvalue weighted by Crippen LogP contribution is -2.16. The zero-order valence-electron chi connectivity index (χ0n) is 14.4. The molecule has 3 aromatic rings. The van der Waals surface area contributed by atoms with Gasteiger partial charge < -0.3 is 14.6 Å². The second-order valence-electron chi connectivity index (χ2n) is 5.79. The molecule has 0 saturated heterocycles. The Balaban J connectivity index is 1.57. The fraction of sp³-hybridized carbons (Fsp3) is 0.158. The summed E-state index contributed by atoms with van der Waals surface area (Å²) in [7, 11) is 0. The highest BCUT2D eigenvalue weighted by molar-refractivity contribution is 5.93. The van der Waals surface area contributed by atoms with Crippen molar-refractivity contribution in [2.45, 2.75) is 13.0 Å². The summed E-state index contributed by atoms with van der Waals surface area (Å²) in [6, 6.07) is 13.1. The summed E-state index contributed by atoms with van der Waals surface area (Å²) in [5.74, 6) is 0.351. The van der Waals surface area contributed by atoms with Gasteiger partial charge >= 0.3 is 0 Å². The van der Waals surface area contributed by atoms with Gasteiger partial charge in [-0.3, -0.25) is 14.9 Å². The number of hydrogen-bond donors (Lipinski definition) is 1. The van der Waals surface area contributed by atoms with E-state index in [1.54, 1.807) is 36.8 Å². The van der Waals surface area contributed by atoms with E-state index in [1.165, 1.54) is 12.1 Å². The highest BCUT2D eigenvalue weighted by atomic mass is 16.6. The minimum atomic E-state index is -0.471. The van der Waals surface area contributed by atoms with Crippen molar-refractivity contribution in [2.24, 2.45) is 0 Å². The molecule has 3 rings (SSSR count). The monoisotopic (exact) mass is 366 g/mol. The zero-order chi connectivity index (χ0) is 19.1. The Morgan fingerprint density at radius 1 is 1.19 bits per heavy atom. The number of nitrogens with zero attached hydrogens (tertiary/aromatic N) is 3. The van der Waals surface area contributed by atoms with Gasteiger partial charge in [0.2, 0.25) is 5.91 Å². The number of imidazole rings is 1. The molecule has 0 aliphatic carbocycles. The molecular formula is C19H18N4O4. The van der Waals surface area contributed by atoms with Crippen molar-refractivity contribution in [1.29, 1.82) is 0 Å². The Morgan fingerprint density at radius 2 is 1.96 bits per heavy atom. The summed E-state index contributed by atoms with van der Waals surface area (Å²) >= 11 is 0. The van der Waals surface area contributed by atoms with Gasteiger partial charge in [-0.15, -0.1) is 0 Å². The molecule has 0 radical (unpaired) electrons. The third-order valence-electron chi connectivity index (χ3n) is 3.84. The third kappa shape index (κ3) is 5.15. The van der Waals surface area contributed by atoms with Gasteiger partial charge in [0, 0.05) is 24.5 Å². The van der Waals surface area contributed by atoms with Crippen LogP contribution in [0, 0.1) is 10.1 Å². The summed E-state index contributed by atoms with van der Waals surface area (Å²) in [5, 5.41) is 13.5. The van der Waals surface area contributed by atoms with Crippen LogP contribution in [0.2, 0.25) is 0 Å². The van der Waals surface area contributed by atoms with Crippen LogP contribution in [-0.2, 0) is 17.8 Å². The Labute approximate surface area is 155 Å². The van der Waals surface area contributed by atoms with Crippen molar-refractivity contribution >= 4 is 17.3 Å². The van der Waals surface area contributed by atoms with E-state index in [1.807, 2.05) is 22.9 Å². The Morgan fingerprint density at radius 3 is 2.67 bits per heavy atom. The zero-order valence-corrected chi connectivity index (χ0v) is 14.4. The molecule has 2 aromatic carbocycles. The molecule has 0 atom stereocenters. The Hall–Kier alpha value is -3.68. The molecule has 138 valence electrons. The summed E-state index contributed by atoms with van der Waals surface area (Å²) in [6.45, 7) is 1.08. The standard InChI is InChI=1S/C19H18N4O4/c24-19(13-15-5-7-16(8-6-15)23(25)26)21-17-3-1-2-4-18(17)27-12-11-22-10-9-20-14-22/h1-10,14H,11-13H2,(H,21,24). The Bertz CT molecular complexity index is 908. The fourth-order valence-electron chi connectivity index (χ4n) is 2.49. The van der Waals surface area contributed by atoms with Gasteiger partial charge in [-0.2, -0.15) is 0 Å². The molecular weight excluding hydrogens is 348 g/mol. The van der Waals surface area contributed by atoms with Gasteiger partial charge in [0.25, 0.3) is 5.69 Å². The number of nitro benzene ring substituents is 1. The topological polar surface area (TPSA) is 99.3 Å². The number of para-hydroxylation sites is 2. The molecule has 0 bridgehead atoms. The lowest BCUT2D eigenvalue weighted by molar-refractivity contribution is -0.384. The summed E-state index contributed by atoms with van der Waals surface area (Å²) in [4.78, 5) is 26.5. The summed E-state index contributed by atoms with van der Waals surface area (Å²) in [5.41, 5.74) is 1.27. The number of carbonyl (C=O) groups excluding carboxylic acids is 1. The number of nitrogens with one attached hydrogen (secondary N) is 1. The highest BCUT2D eigenvalue weighted by Crippen LogP contribution is 2.24. The van der Waals surface area contributed by atoms with Crippen LogP contribution in [0.25, 0.3) is 0 Å². The first kappa shape index (κ1) is 18.1. The van der Waals surface area contributed by atoms with Gasteiger partial charge in [-0.25, -0.2) is 4.98 Å². The first-order valence-corrected chi connectivity index (χ1v) is 8.32. The number of ether oxygens (including phenoxy) is 1. The van der Waals surface area contributed by atoms with E-state index in [9.17, 15) is 14.9 Å². The lowest BCUT2D eigenvalue weighted by Gasteiger charge is -2.12. The molecule has 0 aliphatic rings. The molecule has 0 aliphatic heterocycles. The number of aromatic nitrogens is 2. The largest absolute Gasteiger partial charge is 0.490 e. The number of rotatable bonds is 8. The molecule has 1 amide bonds. The van der Waals surface area contributed by atoms with Gasteiger partial charge in [-0.1, -0.05) is 24.3 Å². The summed E-state index contributed by atoms with van der Waals surface area (Å²) < 4.78 is 7.66. The number of hydrogen-bond acceptors (Lipinski definition) is 5. The van der Waals surface area contributed by atoms with Crippen LogP contribution in [0.5, 0.6) is 5.75 Å². The van der Waals surface area contributed by atoms with E-state index in [0.717, 1.165) is 0 Å². The van der Waals surface area contributed by atoms with Gasteiger partial charge in [0.15, 0.2) is 0 Å². The molecule has 27 heavy (non-hydrogen) atoms. The first-order valence-electron chi connectivity index (χ1n) is 8.32. The van der Waals surface area contributed by atoms with Crippen molar-refractivity contribution in [1.82, 2.24) is 9.55 Å². The van der Waals surface area contributed by atoms with Crippen LogP contribution in [0.4, 0.5) is 11.4 Å². The molecule has 0 fully saturated rings. The number of anilines is 1. The van der Waals surface area contributed by atoms with E-state index < -0.39 is 4.92 Å². The van der Waals surface area contributed by atoms with Gasteiger partial charge in [0.1, 0.15) is 12.4 Å². The highest BCUT2D eigenvalue weighted by Gasteiger charge is 2.10. The number of amides is 1. The molecule has 1 aromatic heterocycles. The van der Waals surface area contributed by atoms with Gasteiger partial charge in [-0.05, 0) is 17.7 Å². The first-order chi connectivity index (χ1) is 13.1. The molecule has 1 heterocycles. The Kier molecular flexibility index (Phi) is 5.78. The minimum Gasteiger partial charge on any atom is -0.490 e. The minimum absolute atomic E-state index is 0.00389. The maximum atomic E-state index is 12.3. The van der Waals surface area contributed by atoms with Crippen LogP contribution in [0.3, 0.4) is 0 Å². The lowest BCUT2D eigenvalue weighted by atomic mass is 10.1. The van der Waals surface area contributed by atoms with Gasteiger partial charge in [0.05, 0.1) is 29.9 Å². The van der Waals surface area contributed by atoms with E-state index in [2.05, 4.69) is 10.3 Å². The number of non-ortho nitro benzene ring substituents is 1. The smallest absolute Gasteiger partial charge is 0.269 e. The maximum Gasteiger partial charge on any atom is 0.269 e. The second-order valence-corrected chi connectivity index (χ2v) is 5.79. The average Bonchev–Trinajstić information content (AvgIpc) is 3.17. The summed E-state index contributed by atoms with van der Waals surface area (Å²) in [6.07, 6.45) is 5.37. The quantitative estimate of drug-likeness (QED) is 0.488. The van der Waals surface area contributed by atoms with E-state index in [0.29, 0.717) is 30.2 Å². The van der Waals surface area contributed by atoms with Crippen molar-refractivity contribution < 1.29 is 14.5 Å². The molecule has 8 heteroatoms. The van der Waals surface area contributed by atoms with Crippen LogP contribution >= 0.6 is 0 Å². The third-order valence-corrected chi connectivity index (χ3v) is 3.84. The van der Waals surface area contributed by atoms with E-state index in [-0.39, 0.29) is 18.0 Å². The fourth-order valence-corrected chi connectivity index (χ4v) is 2.49. The average molecular weight is 366 g/mol. The predicted molar refractivity (Wildman–Crippen MR) is 99.6 cm³/mol. The molecule has 0 spiro atoms. The van der Waals surface area contributed by atoms with Crippen molar-refractivity contribution in [3.05, 3.63) is 82.9 Å². The second kappa shape index (κ2) is 8.61. The molecule has 8 nitrogen and oxygen atoms in total. The van der Waals surface area contributed by atoms with Crippen molar-refractivity contribution in [3.63, 3.8) is 0 Å².